The molecule has 1 aromatic carbocycles. The van der Waals surface area contributed by atoms with Gasteiger partial charge in [-0.1, -0.05) is 19.9 Å². The average Bonchev–Trinajstić information content (AvgIpc) is 3.16. The molecular weight excluding hydrogens is 296 g/mol. The van der Waals surface area contributed by atoms with E-state index in [1.165, 1.54) is 0 Å². The van der Waals surface area contributed by atoms with E-state index in [0.29, 0.717) is 23.9 Å². The molecule has 23 heavy (non-hydrogen) atoms. The van der Waals surface area contributed by atoms with E-state index in [1.807, 2.05) is 36.6 Å². The maximum Gasteiger partial charge on any atom is 0.242 e. The van der Waals surface area contributed by atoms with Crippen molar-refractivity contribution in [1.82, 2.24) is 19.5 Å². The molecule has 118 valence electrons. The first-order valence-corrected chi connectivity index (χ1v) is 7.42. The number of fused-ring (bicyclic) bond motifs is 2. The zero-order valence-electron chi connectivity index (χ0n) is 12.9. The molecule has 3 aliphatic heterocycles. The van der Waals surface area contributed by atoms with Crippen LogP contribution in [0.2, 0.25) is 0 Å². The Hall–Kier alpha value is -2.83. The summed E-state index contributed by atoms with van der Waals surface area (Å²) in [5.41, 5.74) is 1.46. The van der Waals surface area contributed by atoms with Gasteiger partial charge in [0, 0.05) is 5.92 Å². The standard InChI is InChI=1S/C16H16N4O3/c1-9(2)14-18-13-15(19-14)20(7-17-16(13)21)6-10-3-4-11-12(5-10)23-8-22-11/h3-5,7,9,21H,6,8H2,1-2H3. The van der Waals surface area contributed by atoms with E-state index in [4.69, 9.17) is 9.47 Å². The van der Waals surface area contributed by atoms with Crippen LogP contribution in [0.4, 0.5) is 0 Å². The van der Waals surface area contributed by atoms with Crippen LogP contribution in [0.25, 0.3) is 11.5 Å². The third-order valence-electron chi connectivity index (χ3n) is 3.77. The number of nitrogens with zero attached hydrogens (tertiary/aromatic N) is 4. The molecule has 0 fully saturated rings. The lowest BCUT2D eigenvalue weighted by molar-refractivity contribution is 0.174. The van der Waals surface area contributed by atoms with Crippen molar-refractivity contribution < 1.29 is 14.6 Å². The van der Waals surface area contributed by atoms with Gasteiger partial charge in [-0.15, -0.1) is 0 Å². The predicted octanol–water partition coefficient (Wildman–Crippen LogP) is 2.38. The summed E-state index contributed by atoms with van der Waals surface area (Å²) in [4.78, 5) is 12.9. The van der Waals surface area contributed by atoms with Crippen molar-refractivity contribution >= 4 is 0 Å². The van der Waals surface area contributed by atoms with Gasteiger partial charge < -0.3 is 19.1 Å². The van der Waals surface area contributed by atoms with Gasteiger partial charge in [-0.05, 0) is 17.7 Å². The lowest BCUT2D eigenvalue weighted by Gasteiger charge is -2.11. The molecule has 0 aromatic heterocycles. The molecule has 3 aliphatic rings. The van der Waals surface area contributed by atoms with Crippen LogP contribution in [0.1, 0.15) is 31.2 Å². The largest absolute Gasteiger partial charge is 0.492 e. The van der Waals surface area contributed by atoms with Gasteiger partial charge in [-0.3, -0.25) is 0 Å². The summed E-state index contributed by atoms with van der Waals surface area (Å²) >= 11 is 0. The second-order valence-corrected chi connectivity index (χ2v) is 5.79. The molecule has 7 heteroatoms. The van der Waals surface area contributed by atoms with Crippen LogP contribution < -0.4 is 9.47 Å². The molecule has 3 heterocycles. The molecule has 0 bridgehead atoms. The van der Waals surface area contributed by atoms with Crippen LogP contribution >= 0.6 is 0 Å². The molecule has 0 amide bonds. The summed E-state index contributed by atoms with van der Waals surface area (Å²) in [5.74, 6) is 2.90. The van der Waals surface area contributed by atoms with Crippen LogP contribution in [0.15, 0.2) is 24.5 Å². The van der Waals surface area contributed by atoms with Crippen molar-refractivity contribution in [3.05, 3.63) is 35.9 Å². The molecule has 0 unspecified atom stereocenters. The van der Waals surface area contributed by atoms with Crippen molar-refractivity contribution in [2.24, 2.45) is 0 Å². The lowest BCUT2D eigenvalue weighted by atomic mass is 10.2. The van der Waals surface area contributed by atoms with E-state index >= 15 is 0 Å². The Balaban J connectivity index is 1.73. The monoisotopic (exact) mass is 312 g/mol. The van der Waals surface area contributed by atoms with E-state index in [1.54, 1.807) is 6.33 Å². The lowest BCUT2D eigenvalue weighted by Crippen LogP contribution is -2.06. The van der Waals surface area contributed by atoms with Crippen LogP contribution in [0.3, 0.4) is 0 Å². The Labute approximate surface area is 132 Å². The fourth-order valence-electron chi connectivity index (χ4n) is 2.55. The topological polar surface area (TPSA) is 82.3 Å². The highest BCUT2D eigenvalue weighted by molar-refractivity contribution is 5.58. The highest BCUT2D eigenvalue weighted by atomic mass is 16.7. The number of ether oxygens (including phenoxy) is 2. The second kappa shape index (κ2) is 5.12. The van der Waals surface area contributed by atoms with Crippen molar-refractivity contribution in [2.75, 3.05) is 6.79 Å². The van der Waals surface area contributed by atoms with Crippen molar-refractivity contribution in [1.29, 1.82) is 0 Å². The van der Waals surface area contributed by atoms with Gasteiger partial charge in [-0.2, -0.15) is 0 Å². The molecule has 4 rings (SSSR count). The number of imidazole rings is 1. The smallest absolute Gasteiger partial charge is 0.242 e. The molecule has 1 N–H and O–H groups in total. The van der Waals surface area contributed by atoms with Gasteiger partial charge in [0.05, 0.1) is 6.54 Å². The van der Waals surface area contributed by atoms with E-state index in [0.717, 1.165) is 17.1 Å². The summed E-state index contributed by atoms with van der Waals surface area (Å²) in [6.45, 7) is 4.83. The maximum absolute atomic E-state index is 9.92. The van der Waals surface area contributed by atoms with Gasteiger partial charge in [0.15, 0.2) is 23.0 Å². The first kappa shape index (κ1) is 13.8. The van der Waals surface area contributed by atoms with Crippen LogP contribution in [-0.4, -0.2) is 31.4 Å². The predicted molar refractivity (Wildman–Crippen MR) is 81.9 cm³/mol. The third-order valence-corrected chi connectivity index (χ3v) is 3.77. The van der Waals surface area contributed by atoms with Crippen molar-refractivity contribution in [3.8, 4) is 28.9 Å². The fraction of sp³-hybridized carbons (Fsp3) is 0.312. The second-order valence-electron chi connectivity index (χ2n) is 5.79. The number of aromatic hydroxyl groups is 1. The Kier molecular flexibility index (Phi) is 3.07. The number of hydrogen-bond acceptors (Lipinski definition) is 6. The highest BCUT2D eigenvalue weighted by Gasteiger charge is 2.21. The number of rotatable bonds is 3. The molecular formula is C16H16N4O3. The molecule has 0 spiro atoms. The summed E-state index contributed by atoms with van der Waals surface area (Å²) < 4.78 is 12.6. The quantitative estimate of drug-likeness (QED) is 0.799. The summed E-state index contributed by atoms with van der Waals surface area (Å²) in [6.07, 6.45) is 1.57. The SMILES string of the molecule is CC(C)c1nc2c(O)ncn(Cc3ccc4c(c3)OCO4)c-2n1. The van der Waals surface area contributed by atoms with E-state index in [-0.39, 0.29) is 18.6 Å². The summed E-state index contributed by atoms with van der Waals surface area (Å²) in [7, 11) is 0. The van der Waals surface area contributed by atoms with Gasteiger partial charge in [0.25, 0.3) is 0 Å². The van der Waals surface area contributed by atoms with E-state index in [2.05, 4.69) is 15.0 Å². The molecule has 0 saturated carbocycles. The summed E-state index contributed by atoms with van der Waals surface area (Å²) in [5, 5.41) is 9.92. The van der Waals surface area contributed by atoms with E-state index < -0.39 is 0 Å². The van der Waals surface area contributed by atoms with Gasteiger partial charge in [0.1, 0.15) is 12.2 Å². The Morgan fingerprint density at radius 1 is 1.22 bits per heavy atom. The minimum absolute atomic E-state index is 0.0960. The zero-order valence-corrected chi connectivity index (χ0v) is 12.9. The number of hydrogen-bond donors (Lipinski definition) is 1. The van der Waals surface area contributed by atoms with Crippen molar-refractivity contribution in [3.63, 3.8) is 0 Å². The number of benzene rings is 1. The first-order valence-electron chi connectivity index (χ1n) is 7.42. The van der Waals surface area contributed by atoms with Crippen LogP contribution in [0.5, 0.6) is 17.4 Å². The minimum Gasteiger partial charge on any atom is -0.492 e. The van der Waals surface area contributed by atoms with Gasteiger partial charge in [0.2, 0.25) is 12.7 Å². The van der Waals surface area contributed by atoms with Gasteiger partial charge in [-0.25, -0.2) is 15.0 Å². The molecule has 0 radical (unpaired) electrons. The molecule has 0 saturated heterocycles. The Morgan fingerprint density at radius 3 is 2.87 bits per heavy atom. The minimum atomic E-state index is -0.0960. The van der Waals surface area contributed by atoms with Gasteiger partial charge >= 0.3 is 0 Å². The zero-order chi connectivity index (χ0) is 16.0. The summed E-state index contributed by atoms with van der Waals surface area (Å²) in [6, 6.07) is 5.80. The number of aromatic nitrogens is 4. The van der Waals surface area contributed by atoms with Crippen molar-refractivity contribution in [2.45, 2.75) is 26.3 Å². The third kappa shape index (κ3) is 2.34. The fourth-order valence-corrected chi connectivity index (χ4v) is 2.55. The highest BCUT2D eigenvalue weighted by Crippen LogP contribution is 2.34. The molecule has 0 aliphatic carbocycles. The maximum atomic E-state index is 9.92. The Morgan fingerprint density at radius 2 is 2.04 bits per heavy atom. The average molecular weight is 312 g/mol. The first-order chi connectivity index (χ1) is 11.1. The Bertz CT molecular complexity index is 844. The molecule has 1 aromatic rings. The van der Waals surface area contributed by atoms with E-state index in [9.17, 15) is 5.11 Å². The van der Waals surface area contributed by atoms with Crippen LogP contribution in [0, 0.1) is 0 Å². The normalized spacial score (nSPS) is 13.2. The molecule has 7 nitrogen and oxygen atoms in total. The van der Waals surface area contributed by atoms with Crippen LogP contribution in [-0.2, 0) is 6.54 Å². The molecule has 0 atom stereocenters.